The van der Waals surface area contributed by atoms with Gasteiger partial charge in [-0.05, 0) is 44.3 Å². The van der Waals surface area contributed by atoms with Gasteiger partial charge in [0.1, 0.15) is 5.82 Å². The zero-order chi connectivity index (χ0) is 13.7. The average Bonchev–Trinajstić information content (AvgIpc) is 2.75. The standard InChI is InChI=1S/C15H28N4/c1-13(2)9-16-10-14-5-4-7-19(11-14)12-15-17-6-8-18(15)3/h6,8,13-14,16H,4-5,7,9-12H2,1-3H3. The van der Waals surface area contributed by atoms with Crippen LogP contribution < -0.4 is 5.32 Å². The van der Waals surface area contributed by atoms with Crippen LogP contribution in [0.2, 0.25) is 0 Å². The number of imidazole rings is 1. The van der Waals surface area contributed by atoms with Crippen molar-refractivity contribution in [3.05, 3.63) is 18.2 Å². The molecule has 0 aliphatic carbocycles. The van der Waals surface area contributed by atoms with Gasteiger partial charge in [-0.3, -0.25) is 4.90 Å². The maximum absolute atomic E-state index is 4.43. The first-order chi connectivity index (χ1) is 9.15. The average molecular weight is 264 g/mol. The molecule has 1 atom stereocenters. The van der Waals surface area contributed by atoms with Crippen LogP contribution in [0.5, 0.6) is 0 Å². The molecule has 1 aliphatic rings. The molecule has 0 saturated carbocycles. The molecular formula is C15H28N4. The van der Waals surface area contributed by atoms with E-state index < -0.39 is 0 Å². The molecule has 108 valence electrons. The SMILES string of the molecule is CC(C)CNCC1CCCN(Cc2nccn2C)C1. The summed E-state index contributed by atoms with van der Waals surface area (Å²) in [5.74, 6) is 2.72. The molecule has 2 heterocycles. The topological polar surface area (TPSA) is 33.1 Å². The van der Waals surface area contributed by atoms with Gasteiger partial charge in [-0.15, -0.1) is 0 Å². The quantitative estimate of drug-likeness (QED) is 0.851. The fourth-order valence-electron chi connectivity index (χ4n) is 2.79. The lowest BCUT2D eigenvalue weighted by Crippen LogP contribution is -2.40. The van der Waals surface area contributed by atoms with Gasteiger partial charge in [0.25, 0.3) is 0 Å². The van der Waals surface area contributed by atoms with E-state index in [0.29, 0.717) is 0 Å². The first-order valence-electron chi connectivity index (χ1n) is 7.54. The van der Waals surface area contributed by atoms with Crippen molar-refractivity contribution in [3.8, 4) is 0 Å². The minimum atomic E-state index is 0.743. The van der Waals surface area contributed by atoms with Crippen LogP contribution in [0.3, 0.4) is 0 Å². The van der Waals surface area contributed by atoms with Gasteiger partial charge in [0.2, 0.25) is 0 Å². The fourth-order valence-corrected chi connectivity index (χ4v) is 2.79. The maximum Gasteiger partial charge on any atom is 0.122 e. The molecule has 1 saturated heterocycles. The van der Waals surface area contributed by atoms with Gasteiger partial charge in [-0.25, -0.2) is 4.98 Å². The van der Waals surface area contributed by atoms with Crippen LogP contribution in [0.15, 0.2) is 12.4 Å². The number of nitrogens with one attached hydrogen (secondary N) is 1. The number of hydrogen-bond acceptors (Lipinski definition) is 3. The first kappa shape index (κ1) is 14.5. The summed E-state index contributed by atoms with van der Waals surface area (Å²) in [5.41, 5.74) is 0. The zero-order valence-corrected chi connectivity index (χ0v) is 12.6. The lowest BCUT2D eigenvalue weighted by molar-refractivity contribution is 0.160. The Bertz CT molecular complexity index is 372. The van der Waals surface area contributed by atoms with E-state index in [4.69, 9.17) is 0 Å². The Morgan fingerprint density at radius 1 is 1.47 bits per heavy atom. The molecule has 1 N–H and O–H groups in total. The van der Waals surface area contributed by atoms with Crippen LogP contribution in [0.25, 0.3) is 0 Å². The molecule has 1 aromatic rings. The maximum atomic E-state index is 4.43. The van der Waals surface area contributed by atoms with Gasteiger partial charge in [0, 0.05) is 26.0 Å². The second-order valence-electron chi connectivity index (χ2n) is 6.25. The molecule has 1 aliphatic heterocycles. The summed E-state index contributed by atoms with van der Waals surface area (Å²) in [6, 6.07) is 0. The van der Waals surface area contributed by atoms with Crippen molar-refractivity contribution >= 4 is 0 Å². The number of nitrogens with zero attached hydrogens (tertiary/aromatic N) is 3. The summed E-state index contributed by atoms with van der Waals surface area (Å²) < 4.78 is 2.13. The van der Waals surface area contributed by atoms with E-state index >= 15 is 0 Å². The molecule has 0 spiro atoms. The van der Waals surface area contributed by atoms with Crippen LogP contribution in [-0.2, 0) is 13.6 Å². The van der Waals surface area contributed by atoms with E-state index in [-0.39, 0.29) is 0 Å². The Kier molecular flexibility index (Phi) is 5.40. The number of aromatic nitrogens is 2. The molecular weight excluding hydrogens is 236 g/mol. The second kappa shape index (κ2) is 7.06. The molecule has 2 rings (SSSR count). The Hall–Kier alpha value is -0.870. The molecule has 4 nitrogen and oxygen atoms in total. The summed E-state index contributed by atoms with van der Waals surface area (Å²) in [7, 11) is 2.08. The first-order valence-corrected chi connectivity index (χ1v) is 7.54. The lowest BCUT2D eigenvalue weighted by atomic mass is 9.98. The van der Waals surface area contributed by atoms with Crippen molar-refractivity contribution in [1.29, 1.82) is 0 Å². The molecule has 19 heavy (non-hydrogen) atoms. The smallest absolute Gasteiger partial charge is 0.122 e. The summed E-state index contributed by atoms with van der Waals surface area (Å²) in [6.07, 6.45) is 6.60. The number of aryl methyl sites for hydroxylation is 1. The molecule has 1 unspecified atom stereocenters. The molecule has 0 aromatic carbocycles. The highest BCUT2D eigenvalue weighted by Gasteiger charge is 2.20. The number of piperidine rings is 1. The molecule has 0 bridgehead atoms. The van der Waals surface area contributed by atoms with E-state index in [0.717, 1.165) is 31.5 Å². The normalized spacial score (nSPS) is 21.2. The highest BCUT2D eigenvalue weighted by atomic mass is 15.2. The Morgan fingerprint density at radius 3 is 3.00 bits per heavy atom. The van der Waals surface area contributed by atoms with Gasteiger partial charge >= 0.3 is 0 Å². The van der Waals surface area contributed by atoms with Crippen molar-refractivity contribution in [2.24, 2.45) is 18.9 Å². The van der Waals surface area contributed by atoms with Crippen LogP contribution in [0.1, 0.15) is 32.5 Å². The fraction of sp³-hybridized carbons (Fsp3) is 0.800. The van der Waals surface area contributed by atoms with Crippen molar-refractivity contribution in [2.75, 3.05) is 26.2 Å². The van der Waals surface area contributed by atoms with Crippen molar-refractivity contribution < 1.29 is 0 Å². The van der Waals surface area contributed by atoms with Gasteiger partial charge in [-0.2, -0.15) is 0 Å². The van der Waals surface area contributed by atoms with Gasteiger partial charge in [0.05, 0.1) is 6.54 Å². The third kappa shape index (κ3) is 4.62. The summed E-state index contributed by atoms with van der Waals surface area (Å²) >= 11 is 0. The molecule has 0 amide bonds. The minimum absolute atomic E-state index is 0.743. The molecule has 4 heteroatoms. The highest BCUT2D eigenvalue weighted by molar-refractivity contribution is 4.91. The predicted molar refractivity (Wildman–Crippen MR) is 78.9 cm³/mol. The lowest BCUT2D eigenvalue weighted by Gasteiger charge is -2.32. The Morgan fingerprint density at radius 2 is 2.32 bits per heavy atom. The highest BCUT2D eigenvalue weighted by Crippen LogP contribution is 2.17. The third-order valence-electron chi connectivity index (χ3n) is 3.87. The van der Waals surface area contributed by atoms with Crippen molar-refractivity contribution in [3.63, 3.8) is 0 Å². The number of hydrogen-bond donors (Lipinski definition) is 1. The largest absolute Gasteiger partial charge is 0.337 e. The minimum Gasteiger partial charge on any atom is -0.337 e. The van der Waals surface area contributed by atoms with Crippen molar-refractivity contribution in [2.45, 2.75) is 33.2 Å². The van der Waals surface area contributed by atoms with Crippen LogP contribution in [0, 0.1) is 11.8 Å². The third-order valence-corrected chi connectivity index (χ3v) is 3.87. The van der Waals surface area contributed by atoms with E-state index in [1.807, 2.05) is 12.4 Å². The van der Waals surface area contributed by atoms with Gasteiger partial charge in [0.15, 0.2) is 0 Å². The summed E-state index contributed by atoms with van der Waals surface area (Å²) in [5, 5.41) is 3.60. The van der Waals surface area contributed by atoms with Crippen LogP contribution in [-0.4, -0.2) is 40.6 Å². The van der Waals surface area contributed by atoms with E-state index in [9.17, 15) is 0 Å². The van der Waals surface area contributed by atoms with Crippen LogP contribution in [0.4, 0.5) is 0 Å². The Balaban J connectivity index is 1.75. The predicted octanol–water partition coefficient (Wildman–Crippen LogP) is 1.88. The van der Waals surface area contributed by atoms with Crippen LogP contribution >= 0.6 is 0 Å². The van der Waals surface area contributed by atoms with Gasteiger partial charge in [-0.1, -0.05) is 13.8 Å². The van der Waals surface area contributed by atoms with E-state index in [2.05, 4.69) is 40.7 Å². The van der Waals surface area contributed by atoms with Crippen molar-refractivity contribution in [1.82, 2.24) is 19.8 Å². The van der Waals surface area contributed by atoms with E-state index in [1.165, 1.54) is 31.8 Å². The monoisotopic (exact) mass is 264 g/mol. The van der Waals surface area contributed by atoms with E-state index in [1.54, 1.807) is 0 Å². The second-order valence-corrected chi connectivity index (χ2v) is 6.25. The Labute approximate surface area is 117 Å². The van der Waals surface area contributed by atoms with Gasteiger partial charge < -0.3 is 9.88 Å². The molecule has 1 aromatic heterocycles. The molecule has 1 fully saturated rings. The summed E-state index contributed by atoms with van der Waals surface area (Å²) in [4.78, 5) is 6.98. The summed E-state index contributed by atoms with van der Waals surface area (Å²) in [6.45, 7) is 10.2. The zero-order valence-electron chi connectivity index (χ0n) is 12.6. The number of likely N-dealkylation sites (tertiary alicyclic amines) is 1. The number of rotatable bonds is 6. The molecule has 0 radical (unpaired) electrons.